The number of carbonyl (C=O) groups is 4. The number of benzene rings is 1. The minimum atomic E-state index is -1.06. The molecule has 2 heterocycles. The van der Waals surface area contributed by atoms with Crippen molar-refractivity contribution in [2.45, 2.75) is 6.04 Å². The molecule has 0 spiro atoms. The van der Waals surface area contributed by atoms with Crippen LogP contribution < -0.4 is 5.32 Å². The fourth-order valence-corrected chi connectivity index (χ4v) is 3.56. The van der Waals surface area contributed by atoms with Crippen molar-refractivity contribution < 1.29 is 23.6 Å². The van der Waals surface area contributed by atoms with Gasteiger partial charge in [-0.3, -0.25) is 19.3 Å². The number of hydrogen-bond acceptors (Lipinski definition) is 5. The van der Waals surface area contributed by atoms with Gasteiger partial charge < -0.3 is 5.32 Å². The topological polar surface area (TPSA) is 86.8 Å². The molecule has 1 atom stereocenters. The highest BCUT2D eigenvalue weighted by Crippen LogP contribution is 2.26. The summed E-state index contributed by atoms with van der Waals surface area (Å²) >= 11 is 1.39. The molecule has 7 nitrogen and oxygen atoms in total. The van der Waals surface area contributed by atoms with Crippen molar-refractivity contribution in [1.82, 2.24) is 15.1 Å². The first kappa shape index (κ1) is 19.4. The van der Waals surface area contributed by atoms with E-state index in [0.29, 0.717) is 10.5 Å². The predicted octanol–water partition coefficient (Wildman–Crippen LogP) is 2.07. The van der Waals surface area contributed by atoms with E-state index in [1.165, 1.54) is 29.5 Å². The van der Waals surface area contributed by atoms with Gasteiger partial charge in [0.25, 0.3) is 0 Å². The molecule has 28 heavy (non-hydrogen) atoms. The van der Waals surface area contributed by atoms with Crippen LogP contribution in [0, 0.1) is 5.82 Å². The average Bonchev–Trinajstić information content (AvgIpc) is 3.27. The summed E-state index contributed by atoms with van der Waals surface area (Å²) < 4.78 is 13.2. The first-order chi connectivity index (χ1) is 13.4. The Morgan fingerprint density at radius 3 is 2.43 bits per heavy atom. The third-order valence-corrected chi connectivity index (χ3v) is 5.02. The first-order valence-corrected chi connectivity index (χ1v) is 9.16. The number of amides is 5. The Kier molecular flexibility index (Phi) is 5.65. The summed E-state index contributed by atoms with van der Waals surface area (Å²) in [5.41, 5.74) is 0.639. The Hall–Kier alpha value is -3.33. The molecule has 1 aromatic carbocycles. The Bertz CT molecular complexity index is 927. The van der Waals surface area contributed by atoms with E-state index < -0.39 is 42.2 Å². The molecule has 0 radical (unpaired) electrons. The van der Waals surface area contributed by atoms with Crippen molar-refractivity contribution in [2.24, 2.45) is 0 Å². The van der Waals surface area contributed by atoms with Gasteiger partial charge in [0, 0.05) is 11.4 Å². The number of rotatable bonds is 7. The maximum atomic E-state index is 13.2. The van der Waals surface area contributed by atoms with Crippen LogP contribution in [-0.4, -0.2) is 46.6 Å². The summed E-state index contributed by atoms with van der Waals surface area (Å²) in [5.74, 6) is -3.09. The van der Waals surface area contributed by atoms with Gasteiger partial charge in [-0.15, -0.1) is 17.9 Å². The molecule has 2 aromatic rings. The molecule has 9 heteroatoms. The van der Waals surface area contributed by atoms with E-state index in [0.717, 1.165) is 9.78 Å². The van der Waals surface area contributed by atoms with E-state index in [1.54, 1.807) is 18.2 Å². The molecule has 1 N–H and O–H groups in total. The molecule has 144 valence electrons. The quantitative estimate of drug-likeness (QED) is 0.437. The van der Waals surface area contributed by atoms with Crippen LogP contribution in [-0.2, 0) is 14.4 Å². The lowest BCUT2D eigenvalue weighted by Gasteiger charge is -2.20. The van der Waals surface area contributed by atoms with Crippen molar-refractivity contribution >= 4 is 35.1 Å². The maximum Gasteiger partial charge on any atom is 0.335 e. The zero-order valence-corrected chi connectivity index (χ0v) is 15.4. The summed E-state index contributed by atoms with van der Waals surface area (Å²) in [6, 6.07) is 7.81. The molecule has 3 rings (SSSR count). The van der Waals surface area contributed by atoms with Gasteiger partial charge >= 0.3 is 17.8 Å². The van der Waals surface area contributed by atoms with Gasteiger partial charge in [-0.25, -0.2) is 14.1 Å². The van der Waals surface area contributed by atoms with E-state index in [2.05, 4.69) is 11.9 Å². The average molecular weight is 401 g/mol. The summed E-state index contributed by atoms with van der Waals surface area (Å²) in [7, 11) is 0. The standard InChI is InChI=1S/C19H16FN3O4S/c1-2-9-22-17(25)18(26)23(19(22)27)11-15(24)21-16(14-4-3-10-28-14)12-5-7-13(20)8-6-12/h2-8,10,16H,1,9,11H2,(H,21,24)/t16-/m0/s1. The first-order valence-electron chi connectivity index (χ1n) is 8.28. The lowest BCUT2D eigenvalue weighted by atomic mass is 10.1. The predicted molar refractivity (Wildman–Crippen MR) is 99.7 cm³/mol. The zero-order chi connectivity index (χ0) is 20.3. The van der Waals surface area contributed by atoms with Gasteiger partial charge in [0.15, 0.2) is 0 Å². The second kappa shape index (κ2) is 8.13. The molecule has 0 saturated carbocycles. The number of carbonyl (C=O) groups excluding carboxylic acids is 4. The van der Waals surface area contributed by atoms with Crippen molar-refractivity contribution in [2.75, 3.05) is 13.1 Å². The van der Waals surface area contributed by atoms with Gasteiger partial charge in [-0.2, -0.15) is 0 Å². The number of halogens is 1. The Morgan fingerprint density at radius 2 is 1.82 bits per heavy atom. The number of nitrogens with one attached hydrogen (secondary N) is 1. The number of hydrogen-bond donors (Lipinski definition) is 1. The van der Waals surface area contributed by atoms with E-state index in [4.69, 9.17) is 0 Å². The minimum absolute atomic E-state index is 0.116. The fraction of sp³-hybridized carbons (Fsp3) is 0.158. The number of imide groups is 2. The van der Waals surface area contributed by atoms with E-state index in [1.807, 2.05) is 11.4 Å². The van der Waals surface area contributed by atoms with Crippen LogP contribution >= 0.6 is 11.3 Å². The highest BCUT2D eigenvalue weighted by atomic mass is 32.1. The minimum Gasteiger partial charge on any atom is -0.343 e. The number of thiophene rings is 1. The van der Waals surface area contributed by atoms with Gasteiger partial charge in [0.05, 0.1) is 6.04 Å². The molecule has 1 fully saturated rings. The smallest absolute Gasteiger partial charge is 0.335 e. The molecule has 1 aromatic heterocycles. The molecular formula is C19H16FN3O4S. The molecule has 1 aliphatic heterocycles. The summed E-state index contributed by atoms with van der Waals surface area (Å²) in [4.78, 5) is 50.7. The van der Waals surface area contributed by atoms with Crippen LogP contribution in [0.25, 0.3) is 0 Å². The second-order valence-corrected chi connectivity index (χ2v) is 6.93. The highest BCUT2D eigenvalue weighted by Gasteiger charge is 2.44. The van der Waals surface area contributed by atoms with Crippen molar-refractivity contribution in [3.63, 3.8) is 0 Å². The SMILES string of the molecule is C=CCN1C(=O)C(=O)N(CC(=O)N[C@@H](c2ccc(F)cc2)c2cccs2)C1=O. The van der Waals surface area contributed by atoms with Crippen LogP contribution in [0.4, 0.5) is 9.18 Å². The van der Waals surface area contributed by atoms with Gasteiger partial charge in [-0.1, -0.05) is 24.3 Å². The Balaban J connectivity index is 1.77. The van der Waals surface area contributed by atoms with Gasteiger partial charge in [0.2, 0.25) is 5.91 Å². The van der Waals surface area contributed by atoms with E-state index >= 15 is 0 Å². The monoisotopic (exact) mass is 401 g/mol. The fourth-order valence-electron chi connectivity index (χ4n) is 2.76. The molecule has 0 aliphatic carbocycles. The third kappa shape index (κ3) is 3.84. The van der Waals surface area contributed by atoms with Gasteiger partial charge in [0.1, 0.15) is 12.4 Å². The summed E-state index contributed by atoms with van der Waals surface area (Å²) in [5, 5.41) is 4.57. The lowest BCUT2D eigenvalue weighted by molar-refractivity contribution is -0.143. The normalized spacial score (nSPS) is 15.1. The van der Waals surface area contributed by atoms with Crippen molar-refractivity contribution in [3.05, 3.63) is 70.7 Å². The maximum absolute atomic E-state index is 13.2. The van der Waals surface area contributed by atoms with Gasteiger partial charge in [-0.05, 0) is 29.1 Å². The van der Waals surface area contributed by atoms with Crippen LogP contribution in [0.15, 0.2) is 54.4 Å². The van der Waals surface area contributed by atoms with E-state index in [-0.39, 0.29) is 6.54 Å². The molecule has 5 amide bonds. The van der Waals surface area contributed by atoms with Crippen molar-refractivity contribution in [3.8, 4) is 0 Å². The van der Waals surface area contributed by atoms with E-state index in [9.17, 15) is 23.6 Å². The van der Waals surface area contributed by atoms with Crippen LogP contribution in [0.5, 0.6) is 0 Å². The number of urea groups is 1. The molecule has 0 unspecified atom stereocenters. The highest BCUT2D eigenvalue weighted by molar-refractivity contribution is 7.10. The van der Waals surface area contributed by atoms with Crippen molar-refractivity contribution in [1.29, 1.82) is 0 Å². The Labute approximate surface area is 164 Å². The molecular weight excluding hydrogens is 385 g/mol. The lowest BCUT2D eigenvalue weighted by Crippen LogP contribution is -2.42. The zero-order valence-electron chi connectivity index (χ0n) is 14.6. The summed E-state index contributed by atoms with van der Waals surface area (Å²) in [6.07, 6.45) is 1.31. The summed E-state index contributed by atoms with van der Waals surface area (Å²) in [6.45, 7) is 2.72. The molecule has 0 bridgehead atoms. The van der Waals surface area contributed by atoms with Crippen LogP contribution in [0.2, 0.25) is 0 Å². The molecule has 1 aliphatic rings. The number of nitrogens with zero attached hydrogens (tertiary/aromatic N) is 2. The van der Waals surface area contributed by atoms with Crippen LogP contribution in [0.3, 0.4) is 0 Å². The third-order valence-electron chi connectivity index (χ3n) is 4.08. The second-order valence-electron chi connectivity index (χ2n) is 5.95. The largest absolute Gasteiger partial charge is 0.343 e. The Morgan fingerprint density at radius 1 is 1.14 bits per heavy atom. The molecule has 1 saturated heterocycles. The van der Waals surface area contributed by atoms with Crippen LogP contribution in [0.1, 0.15) is 16.5 Å².